The van der Waals surface area contributed by atoms with Crippen LogP contribution in [0.3, 0.4) is 0 Å². The van der Waals surface area contributed by atoms with E-state index in [0.717, 1.165) is 12.8 Å². The van der Waals surface area contributed by atoms with Crippen LogP contribution in [-0.4, -0.2) is 19.5 Å². The molecule has 0 radical (unpaired) electrons. The van der Waals surface area contributed by atoms with Gasteiger partial charge in [-0.15, -0.1) is 11.8 Å². The average molecular weight is 321 g/mol. The molecule has 0 aliphatic heterocycles. The van der Waals surface area contributed by atoms with Crippen LogP contribution in [0.2, 0.25) is 0 Å². The van der Waals surface area contributed by atoms with Crippen molar-refractivity contribution in [2.75, 3.05) is 13.2 Å². The van der Waals surface area contributed by atoms with Gasteiger partial charge in [0.25, 0.3) is 0 Å². The molecule has 0 aliphatic rings. The summed E-state index contributed by atoms with van der Waals surface area (Å²) in [5, 5.41) is 0. The van der Waals surface area contributed by atoms with Crippen LogP contribution in [0.1, 0.15) is 86.0 Å². The average Bonchev–Trinajstić information content (AvgIpc) is 2.50. The summed E-state index contributed by atoms with van der Waals surface area (Å²) < 4.78 is 11.6. The van der Waals surface area contributed by atoms with Gasteiger partial charge in [0.2, 0.25) is 0 Å². The first-order valence-corrected chi connectivity index (χ1v) is 9.17. The van der Waals surface area contributed by atoms with Crippen LogP contribution in [0, 0.1) is 29.1 Å². The minimum Gasteiger partial charge on any atom is -0.339 e. The van der Waals surface area contributed by atoms with E-state index < -0.39 is 0 Å². The lowest BCUT2D eigenvalue weighted by Crippen LogP contribution is -2.32. The summed E-state index contributed by atoms with van der Waals surface area (Å²) >= 11 is 0. The summed E-state index contributed by atoms with van der Waals surface area (Å²) in [6, 6.07) is 0. The molecule has 0 aromatic carbocycles. The molecule has 2 nitrogen and oxygen atoms in total. The van der Waals surface area contributed by atoms with Crippen LogP contribution in [0.4, 0.5) is 0 Å². The lowest BCUT2D eigenvalue weighted by Gasteiger charge is -2.29. The molecule has 0 N–H and O–H groups in total. The lowest BCUT2D eigenvalue weighted by atomic mass is 9.96. The van der Waals surface area contributed by atoms with Gasteiger partial charge in [0, 0.05) is 18.3 Å². The van der Waals surface area contributed by atoms with Gasteiger partial charge >= 0.3 is 0 Å². The Morgan fingerprint density at radius 2 is 1.13 bits per heavy atom. The number of hydrogen-bond acceptors (Lipinski definition) is 2. The third-order valence-corrected chi connectivity index (χ3v) is 3.38. The molecular formula is C21H36O2. The van der Waals surface area contributed by atoms with Crippen molar-refractivity contribution < 1.29 is 9.47 Å². The van der Waals surface area contributed by atoms with Crippen LogP contribution in [0.15, 0.2) is 0 Å². The third kappa shape index (κ3) is 14.4. The fourth-order valence-electron chi connectivity index (χ4n) is 1.99. The van der Waals surface area contributed by atoms with Gasteiger partial charge in [-0.3, -0.25) is 0 Å². The molecule has 0 amide bonds. The molecule has 0 aliphatic carbocycles. The second-order valence-electron chi connectivity index (χ2n) is 6.94. The van der Waals surface area contributed by atoms with Crippen LogP contribution < -0.4 is 0 Å². The zero-order valence-corrected chi connectivity index (χ0v) is 16.0. The Morgan fingerprint density at radius 3 is 1.48 bits per heavy atom. The SMILES string of the molecule is CCCCCC#CCOC(OCC#CCCCCC)C(C)(C)C. The largest absolute Gasteiger partial charge is 0.339 e. The van der Waals surface area contributed by atoms with E-state index in [4.69, 9.17) is 9.47 Å². The third-order valence-electron chi connectivity index (χ3n) is 3.38. The second-order valence-corrected chi connectivity index (χ2v) is 6.94. The van der Waals surface area contributed by atoms with Crippen LogP contribution >= 0.6 is 0 Å². The molecule has 0 aromatic heterocycles. The van der Waals surface area contributed by atoms with Crippen molar-refractivity contribution in [3.8, 4) is 23.7 Å². The molecule has 0 saturated heterocycles. The maximum atomic E-state index is 5.79. The van der Waals surface area contributed by atoms with E-state index >= 15 is 0 Å². The Kier molecular flexibility index (Phi) is 14.0. The number of unbranched alkanes of at least 4 members (excludes halogenated alkanes) is 6. The zero-order valence-electron chi connectivity index (χ0n) is 16.0. The Balaban J connectivity index is 4.04. The molecular weight excluding hydrogens is 284 g/mol. The van der Waals surface area contributed by atoms with Crippen molar-refractivity contribution in [1.29, 1.82) is 0 Å². The predicted octanol–water partition coefficient (Wildman–Crippen LogP) is 5.56. The molecule has 0 unspecified atom stereocenters. The van der Waals surface area contributed by atoms with Gasteiger partial charge in [0.1, 0.15) is 13.2 Å². The van der Waals surface area contributed by atoms with Gasteiger partial charge in [0.05, 0.1) is 0 Å². The van der Waals surface area contributed by atoms with E-state index in [1.807, 2.05) is 0 Å². The summed E-state index contributed by atoms with van der Waals surface area (Å²) in [6.07, 6.45) is 8.97. The van der Waals surface area contributed by atoms with E-state index in [1.54, 1.807) is 0 Å². The van der Waals surface area contributed by atoms with Crippen molar-refractivity contribution in [3.05, 3.63) is 0 Å². The topological polar surface area (TPSA) is 18.5 Å². The zero-order chi connectivity index (χ0) is 17.4. The monoisotopic (exact) mass is 320 g/mol. The van der Waals surface area contributed by atoms with Gasteiger partial charge in [-0.2, -0.15) is 0 Å². The second kappa shape index (κ2) is 14.6. The molecule has 0 spiro atoms. The van der Waals surface area contributed by atoms with E-state index in [1.165, 1.54) is 38.5 Å². The highest BCUT2D eigenvalue weighted by molar-refractivity contribution is 5.00. The summed E-state index contributed by atoms with van der Waals surface area (Å²) in [4.78, 5) is 0. The first-order chi connectivity index (χ1) is 11.0. The predicted molar refractivity (Wildman–Crippen MR) is 99.0 cm³/mol. The van der Waals surface area contributed by atoms with E-state index in [2.05, 4.69) is 58.3 Å². The minimum atomic E-state index is -0.266. The Bertz CT molecular complexity index is 352. The molecule has 0 saturated carbocycles. The van der Waals surface area contributed by atoms with Crippen molar-refractivity contribution >= 4 is 0 Å². The molecule has 0 bridgehead atoms. The Labute approximate surface area is 144 Å². The smallest absolute Gasteiger partial charge is 0.164 e. The maximum absolute atomic E-state index is 5.79. The van der Waals surface area contributed by atoms with Crippen LogP contribution in [0.5, 0.6) is 0 Å². The normalized spacial score (nSPS) is 10.9. The van der Waals surface area contributed by atoms with Crippen molar-refractivity contribution in [2.45, 2.75) is 92.3 Å². The first-order valence-electron chi connectivity index (χ1n) is 9.17. The summed E-state index contributed by atoms with van der Waals surface area (Å²) in [6.45, 7) is 11.6. The maximum Gasteiger partial charge on any atom is 0.164 e. The molecule has 23 heavy (non-hydrogen) atoms. The quantitative estimate of drug-likeness (QED) is 0.298. The first kappa shape index (κ1) is 22.0. The summed E-state index contributed by atoms with van der Waals surface area (Å²) in [5.74, 6) is 12.5. The highest BCUT2D eigenvalue weighted by atomic mass is 16.7. The Morgan fingerprint density at radius 1 is 0.696 bits per heavy atom. The lowest BCUT2D eigenvalue weighted by molar-refractivity contribution is -0.179. The minimum absolute atomic E-state index is 0.0756. The van der Waals surface area contributed by atoms with E-state index in [0.29, 0.717) is 13.2 Å². The molecule has 0 fully saturated rings. The van der Waals surface area contributed by atoms with Crippen molar-refractivity contribution in [3.63, 3.8) is 0 Å². The van der Waals surface area contributed by atoms with E-state index in [-0.39, 0.29) is 11.7 Å². The molecule has 0 aromatic rings. The van der Waals surface area contributed by atoms with Crippen LogP contribution in [-0.2, 0) is 9.47 Å². The van der Waals surface area contributed by atoms with E-state index in [9.17, 15) is 0 Å². The molecule has 2 heteroatoms. The number of ether oxygens (including phenoxy) is 2. The Hall–Kier alpha value is -0.960. The number of rotatable bonds is 10. The van der Waals surface area contributed by atoms with Gasteiger partial charge in [0.15, 0.2) is 6.29 Å². The highest BCUT2D eigenvalue weighted by Gasteiger charge is 2.25. The summed E-state index contributed by atoms with van der Waals surface area (Å²) in [5.41, 5.74) is -0.0756. The molecule has 0 rings (SSSR count). The van der Waals surface area contributed by atoms with Crippen molar-refractivity contribution in [2.24, 2.45) is 5.41 Å². The highest BCUT2D eigenvalue weighted by Crippen LogP contribution is 2.23. The van der Waals surface area contributed by atoms with Crippen LogP contribution in [0.25, 0.3) is 0 Å². The standard InChI is InChI=1S/C21H36O2/c1-6-8-10-12-14-16-18-22-20(21(3,4)5)23-19-17-15-13-11-9-7-2/h20H,6-13,18-19H2,1-5H3. The van der Waals surface area contributed by atoms with Gasteiger partial charge < -0.3 is 9.47 Å². The fourth-order valence-corrected chi connectivity index (χ4v) is 1.99. The fraction of sp³-hybridized carbons (Fsp3) is 0.810. The summed E-state index contributed by atoms with van der Waals surface area (Å²) in [7, 11) is 0. The van der Waals surface area contributed by atoms with Gasteiger partial charge in [-0.05, 0) is 12.8 Å². The molecule has 0 atom stereocenters. The van der Waals surface area contributed by atoms with Gasteiger partial charge in [-0.1, -0.05) is 72.1 Å². The number of hydrogen-bond donors (Lipinski definition) is 0. The molecule has 0 heterocycles. The molecule has 132 valence electrons. The van der Waals surface area contributed by atoms with Crippen molar-refractivity contribution in [1.82, 2.24) is 0 Å². The van der Waals surface area contributed by atoms with Gasteiger partial charge in [-0.25, -0.2) is 0 Å².